The number of carbonyl (C=O) groups excluding carboxylic acids is 1. The molecular formula is C12H13NO6S. The number of benzene rings is 1. The molecule has 1 aromatic carbocycles. The van der Waals surface area contributed by atoms with Crippen LogP contribution in [0.4, 0.5) is 5.69 Å². The van der Waals surface area contributed by atoms with E-state index in [4.69, 9.17) is 5.11 Å². The molecule has 0 spiro atoms. The number of phenols is 1. The van der Waals surface area contributed by atoms with Gasteiger partial charge in [0.2, 0.25) is 5.91 Å². The molecule has 0 aromatic heterocycles. The molecule has 1 amide bonds. The van der Waals surface area contributed by atoms with Gasteiger partial charge in [-0.2, -0.15) is 0 Å². The van der Waals surface area contributed by atoms with Crippen LogP contribution in [0.15, 0.2) is 18.2 Å². The molecular weight excluding hydrogens is 286 g/mol. The van der Waals surface area contributed by atoms with Gasteiger partial charge in [-0.05, 0) is 24.6 Å². The van der Waals surface area contributed by atoms with Crippen molar-refractivity contribution in [2.24, 2.45) is 5.92 Å². The minimum atomic E-state index is -3.16. The second-order valence-corrected chi connectivity index (χ2v) is 6.86. The summed E-state index contributed by atoms with van der Waals surface area (Å²) < 4.78 is 22.6. The molecule has 1 aliphatic rings. The topological polar surface area (TPSA) is 121 Å². The van der Waals surface area contributed by atoms with Gasteiger partial charge in [0.25, 0.3) is 0 Å². The SMILES string of the molecule is O=C(O)c1cc(NC(=O)C2CCS(=O)(=O)C2)ccc1O. The summed E-state index contributed by atoms with van der Waals surface area (Å²) in [4.78, 5) is 22.7. The lowest BCUT2D eigenvalue weighted by Crippen LogP contribution is -2.23. The number of carboxylic acid groups (broad SMARTS) is 1. The number of carboxylic acids is 1. The lowest BCUT2D eigenvalue weighted by Gasteiger charge is -2.10. The van der Waals surface area contributed by atoms with Gasteiger partial charge in [-0.15, -0.1) is 0 Å². The molecule has 7 nitrogen and oxygen atoms in total. The van der Waals surface area contributed by atoms with Crippen molar-refractivity contribution in [3.63, 3.8) is 0 Å². The van der Waals surface area contributed by atoms with Crippen molar-refractivity contribution < 1.29 is 28.2 Å². The average molecular weight is 299 g/mol. The maximum atomic E-state index is 11.9. The van der Waals surface area contributed by atoms with Crippen LogP contribution in [0.2, 0.25) is 0 Å². The van der Waals surface area contributed by atoms with Gasteiger partial charge in [0.05, 0.1) is 17.4 Å². The van der Waals surface area contributed by atoms with Crippen LogP contribution >= 0.6 is 0 Å². The molecule has 20 heavy (non-hydrogen) atoms. The van der Waals surface area contributed by atoms with Crippen molar-refractivity contribution in [2.45, 2.75) is 6.42 Å². The van der Waals surface area contributed by atoms with E-state index in [-0.39, 0.29) is 29.2 Å². The van der Waals surface area contributed by atoms with Crippen LogP contribution in [-0.4, -0.2) is 42.0 Å². The Kier molecular flexibility index (Phi) is 3.67. The summed E-state index contributed by atoms with van der Waals surface area (Å²) in [6, 6.07) is 3.63. The number of rotatable bonds is 3. The quantitative estimate of drug-likeness (QED) is 0.697. The molecule has 1 saturated heterocycles. The van der Waals surface area contributed by atoms with Gasteiger partial charge in [-0.1, -0.05) is 0 Å². The number of sulfone groups is 1. The second kappa shape index (κ2) is 5.12. The third kappa shape index (κ3) is 3.08. The van der Waals surface area contributed by atoms with Gasteiger partial charge < -0.3 is 15.5 Å². The highest BCUT2D eigenvalue weighted by Gasteiger charge is 2.33. The molecule has 0 aliphatic carbocycles. The van der Waals surface area contributed by atoms with E-state index in [1.165, 1.54) is 6.07 Å². The predicted molar refractivity (Wildman–Crippen MR) is 70.5 cm³/mol. The van der Waals surface area contributed by atoms with Crippen LogP contribution in [-0.2, 0) is 14.6 Å². The number of carbonyl (C=O) groups is 2. The molecule has 1 unspecified atom stereocenters. The Morgan fingerprint density at radius 2 is 2.00 bits per heavy atom. The molecule has 0 bridgehead atoms. The first-order chi connectivity index (χ1) is 9.28. The van der Waals surface area contributed by atoms with Crippen molar-refractivity contribution in [1.29, 1.82) is 0 Å². The number of hydrogen-bond acceptors (Lipinski definition) is 5. The fourth-order valence-electron chi connectivity index (χ4n) is 2.03. The van der Waals surface area contributed by atoms with Crippen molar-refractivity contribution in [1.82, 2.24) is 0 Å². The number of aromatic carboxylic acids is 1. The zero-order chi connectivity index (χ0) is 14.9. The minimum Gasteiger partial charge on any atom is -0.507 e. The summed E-state index contributed by atoms with van der Waals surface area (Å²) in [7, 11) is -3.16. The first kappa shape index (κ1) is 14.3. The molecule has 1 aromatic rings. The summed E-state index contributed by atoms with van der Waals surface area (Å²) in [5.41, 5.74) is -0.128. The highest BCUT2D eigenvalue weighted by Crippen LogP contribution is 2.24. The van der Waals surface area contributed by atoms with Gasteiger partial charge in [0.15, 0.2) is 9.84 Å². The van der Waals surface area contributed by atoms with Crippen molar-refractivity contribution in [3.05, 3.63) is 23.8 Å². The normalized spacial score (nSPS) is 20.5. The standard InChI is InChI=1S/C12H13NO6S/c14-10-2-1-8(5-9(10)12(16)17)13-11(15)7-3-4-20(18,19)6-7/h1-2,5,7,14H,3-4,6H2,(H,13,15)(H,16,17). The first-order valence-corrected chi connectivity index (χ1v) is 7.68. The van der Waals surface area contributed by atoms with Crippen LogP contribution in [0.1, 0.15) is 16.8 Å². The molecule has 1 atom stereocenters. The van der Waals surface area contributed by atoms with E-state index in [1.807, 2.05) is 0 Å². The zero-order valence-electron chi connectivity index (χ0n) is 10.4. The van der Waals surface area contributed by atoms with E-state index in [0.29, 0.717) is 0 Å². The predicted octanol–water partition coefficient (Wildman–Crippen LogP) is 0.464. The van der Waals surface area contributed by atoms with Gasteiger partial charge in [0.1, 0.15) is 11.3 Å². The van der Waals surface area contributed by atoms with Crippen molar-refractivity contribution in [2.75, 3.05) is 16.8 Å². The number of anilines is 1. The zero-order valence-corrected chi connectivity index (χ0v) is 11.2. The average Bonchev–Trinajstić information content (AvgIpc) is 2.72. The summed E-state index contributed by atoms with van der Waals surface area (Å²) in [6.07, 6.45) is 0.262. The van der Waals surface area contributed by atoms with E-state index in [2.05, 4.69) is 5.32 Å². The lowest BCUT2D eigenvalue weighted by molar-refractivity contribution is -0.119. The van der Waals surface area contributed by atoms with Crippen LogP contribution in [0.25, 0.3) is 0 Å². The van der Waals surface area contributed by atoms with E-state index >= 15 is 0 Å². The molecule has 0 radical (unpaired) electrons. The van der Waals surface area contributed by atoms with Crippen molar-refractivity contribution >= 4 is 27.4 Å². The van der Waals surface area contributed by atoms with E-state index in [9.17, 15) is 23.1 Å². The summed E-state index contributed by atoms with van der Waals surface area (Å²) in [5.74, 6) is -3.01. The summed E-state index contributed by atoms with van der Waals surface area (Å²) in [6.45, 7) is 0. The number of aromatic hydroxyl groups is 1. The molecule has 3 N–H and O–H groups in total. The molecule has 1 fully saturated rings. The maximum Gasteiger partial charge on any atom is 0.339 e. The third-order valence-electron chi connectivity index (χ3n) is 3.10. The van der Waals surface area contributed by atoms with Gasteiger partial charge in [0, 0.05) is 5.69 Å². The Morgan fingerprint density at radius 3 is 2.55 bits per heavy atom. The molecule has 2 rings (SSSR count). The molecule has 0 saturated carbocycles. The van der Waals surface area contributed by atoms with E-state index < -0.39 is 33.4 Å². The van der Waals surface area contributed by atoms with Gasteiger partial charge in [-0.25, -0.2) is 13.2 Å². The number of hydrogen-bond donors (Lipinski definition) is 3. The number of amides is 1. The Labute approximate surface area is 115 Å². The van der Waals surface area contributed by atoms with Crippen LogP contribution < -0.4 is 5.32 Å². The fraction of sp³-hybridized carbons (Fsp3) is 0.333. The lowest BCUT2D eigenvalue weighted by atomic mass is 10.1. The van der Waals surface area contributed by atoms with Crippen molar-refractivity contribution in [3.8, 4) is 5.75 Å². The molecule has 108 valence electrons. The fourth-order valence-corrected chi connectivity index (χ4v) is 3.77. The van der Waals surface area contributed by atoms with Crippen LogP contribution in [0, 0.1) is 5.92 Å². The van der Waals surface area contributed by atoms with Gasteiger partial charge in [-0.3, -0.25) is 4.79 Å². The number of nitrogens with one attached hydrogen (secondary N) is 1. The monoisotopic (exact) mass is 299 g/mol. The second-order valence-electron chi connectivity index (χ2n) is 4.63. The Morgan fingerprint density at radius 1 is 1.30 bits per heavy atom. The first-order valence-electron chi connectivity index (χ1n) is 5.86. The van der Waals surface area contributed by atoms with E-state index in [1.54, 1.807) is 0 Å². The Hall–Kier alpha value is -2.09. The highest BCUT2D eigenvalue weighted by molar-refractivity contribution is 7.91. The minimum absolute atomic E-state index is 0.0129. The van der Waals surface area contributed by atoms with Gasteiger partial charge >= 0.3 is 5.97 Å². The van der Waals surface area contributed by atoms with E-state index in [0.717, 1.165) is 12.1 Å². The summed E-state index contributed by atoms with van der Waals surface area (Å²) >= 11 is 0. The van der Waals surface area contributed by atoms with Crippen LogP contribution in [0.3, 0.4) is 0 Å². The molecule has 1 heterocycles. The largest absolute Gasteiger partial charge is 0.507 e. The Balaban J connectivity index is 2.13. The Bertz CT molecular complexity index is 667. The maximum absolute atomic E-state index is 11.9. The molecule has 8 heteroatoms. The highest BCUT2D eigenvalue weighted by atomic mass is 32.2. The third-order valence-corrected chi connectivity index (χ3v) is 4.87. The smallest absolute Gasteiger partial charge is 0.339 e. The van der Waals surface area contributed by atoms with Crippen LogP contribution in [0.5, 0.6) is 5.75 Å². The molecule has 1 aliphatic heterocycles. The summed E-state index contributed by atoms with van der Waals surface area (Å²) in [5, 5.41) is 20.7.